The van der Waals surface area contributed by atoms with Gasteiger partial charge in [-0.1, -0.05) is 0 Å². The van der Waals surface area contributed by atoms with Crippen molar-refractivity contribution in [1.82, 2.24) is 19.3 Å². The lowest BCUT2D eigenvalue weighted by atomic mass is 10.2. The van der Waals surface area contributed by atoms with Gasteiger partial charge in [0.1, 0.15) is 16.5 Å². The number of alkyl halides is 3. The third-order valence-corrected chi connectivity index (χ3v) is 5.42. The predicted octanol–water partition coefficient (Wildman–Crippen LogP) is 3.44. The first-order chi connectivity index (χ1) is 11.8. The monoisotopic (exact) mass is 369 g/mol. The van der Waals surface area contributed by atoms with Crippen LogP contribution < -0.4 is 5.32 Å². The molecular weight excluding hydrogens is 355 g/mol. The fourth-order valence-electron chi connectivity index (χ4n) is 3.06. The molecule has 0 unspecified atom stereocenters. The summed E-state index contributed by atoms with van der Waals surface area (Å²) in [6.45, 7) is 0.777. The molecule has 3 aromatic rings. The van der Waals surface area contributed by atoms with E-state index in [1.807, 2.05) is 4.57 Å². The summed E-state index contributed by atoms with van der Waals surface area (Å²) in [6, 6.07) is 1.25. The molecule has 0 radical (unpaired) electrons. The lowest BCUT2D eigenvalue weighted by molar-refractivity contribution is -0.140. The second-order valence-electron chi connectivity index (χ2n) is 5.92. The van der Waals surface area contributed by atoms with Crippen molar-refractivity contribution in [1.29, 1.82) is 0 Å². The van der Waals surface area contributed by atoms with Crippen LogP contribution in [-0.4, -0.2) is 25.2 Å². The van der Waals surface area contributed by atoms with E-state index in [4.69, 9.17) is 0 Å². The van der Waals surface area contributed by atoms with Crippen LogP contribution in [0.2, 0.25) is 0 Å². The SMILES string of the molecule is Cn1nc(C(F)(F)F)c2cc(C(=O)Nc3cnc4n3CCCC4)sc21. The van der Waals surface area contributed by atoms with Gasteiger partial charge in [0.2, 0.25) is 0 Å². The van der Waals surface area contributed by atoms with Gasteiger partial charge in [-0.2, -0.15) is 18.3 Å². The highest BCUT2D eigenvalue weighted by Crippen LogP contribution is 2.37. The Hall–Kier alpha value is -2.36. The van der Waals surface area contributed by atoms with Crippen LogP contribution in [0.15, 0.2) is 12.3 Å². The number of aromatic nitrogens is 4. The number of nitrogens with one attached hydrogen (secondary N) is 1. The summed E-state index contributed by atoms with van der Waals surface area (Å²) in [5.41, 5.74) is -0.970. The summed E-state index contributed by atoms with van der Waals surface area (Å²) in [5, 5.41) is 6.21. The zero-order chi connectivity index (χ0) is 17.8. The summed E-state index contributed by atoms with van der Waals surface area (Å²) >= 11 is 0.987. The zero-order valence-electron chi connectivity index (χ0n) is 13.2. The van der Waals surface area contributed by atoms with Gasteiger partial charge in [0.05, 0.1) is 11.1 Å². The molecule has 0 saturated heterocycles. The van der Waals surface area contributed by atoms with E-state index >= 15 is 0 Å². The van der Waals surface area contributed by atoms with Crippen molar-refractivity contribution in [2.24, 2.45) is 7.05 Å². The van der Waals surface area contributed by atoms with Gasteiger partial charge in [-0.05, 0) is 18.9 Å². The lowest BCUT2D eigenvalue weighted by Gasteiger charge is -2.16. The van der Waals surface area contributed by atoms with E-state index in [1.54, 1.807) is 6.20 Å². The van der Waals surface area contributed by atoms with Gasteiger partial charge in [-0.15, -0.1) is 11.3 Å². The maximum Gasteiger partial charge on any atom is 0.435 e. The summed E-state index contributed by atoms with van der Waals surface area (Å²) in [6.07, 6.45) is -0.0313. The summed E-state index contributed by atoms with van der Waals surface area (Å²) < 4.78 is 42.3. The minimum absolute atomic E-state index is 0.0551. The van der Waals surface area contributed by atoms with Crippen molar-refractivity contribution < 1.29 is 18.0 Å². The second kappa shape index (κ2) is 5.58. The van der Waals surface area contributed by atoms with Gasteiger partial charge < -0.3 is 9.88 Å². The smallest absolute Gasteiger partial charge is 0.315 e. The first kappa shape index (κ1) is 16.1. The number of aryl methyl sites for hydroxylation is 2. The van der Waals surface area contributed by atoms with Gasteiger partial charge in [0.15, 0.2) is 5.69 Å². The Kier molecular flexibility index (Phi) is 3.60. The number of anilines is 1. The molecule has 3 aromatic heterocycles. The average molecular weight is 369 g/mol. The van der Waals surface area contributed by atoms with E-state index in [9.17, 15) is 18.0 Å². The van der Waals surface area contributed by atoms with E-state index < -0.39 is 17.8 Å². The molecule has 1 N–H and O–H groups in total. The molecule has 6 nitrogen and oxygen atoms in total. The third kappa shape index (κ3) is 2.70. The third-order valence-electron chi connectivity index (χ3n) is 4.22. The number of amides is 1. The standard InChI is InChI=1S/C15H14F3N5OS/c1-22-14-8(12(21-22)15(16,17)18)6-9(25-14)13(24)20-11-7-19-10-4-2-3-5-23(10)11/h6-7H,2-5H2,1H3,(H,20,24). The topological polar surface area (TPSA) is 64.7 Å². The number of thiophene rings is 1. The zero-order valence-corrected chi connectivity index (χ0v) is 14.0. The molecule has 0 aliphatic carbocycles. The van der Waals surface area contributed by atoms with Gasteiger partial charge in [0, 0.05) is 25.4 Å². The van der Waals surface area contributed by atoms with Crippen molar-refractivity contribution in [3.05, 3.63) is 28.7 Å². The molecule has 10 heteroatoms. The van der Waals surface area contributed by atoms with Crippen molar-refractivity contribution in [2.45, 2.75) is 32.0 Å². The van der Waals surface area contributed by atoms with Gasteiger partial charge in [0.25, 0.3) is 5.91 Å². The van der Waals surface area contributed by atoms with Crippen LogP contribution in [0.1, 0.15) is 34.0 Å². The maximum atomic E-state index is 13.1. The van der Waals surface area contributed by atoms with Crippen LogP contribution in [-0.2, 0) is 26.2 Å². The molecule has 0 spiro atoms. The number of halogens is 3. The molecular formula is C15H14F3N5OS. The maximum absolute atomic E-state index is 13.1. The average Bonchev–Trinajstić information content (AvgIpc) is 3.22. The number of imidazole rings is 1. The Morgan fingerprint density at radius 1 is 1.36 bits per heavy atom. The molecule has 0 atom stereocenters. The van der Waals surface area contributed by atoms with Crippen molar-refractivity contribution in [3.63, 3.8) is 0 Å². The summed E-state index contributed by atoms with van der Waals surface area (Å²) in [4.78, 5) is 17.3. The summed E-state index contributed by atoms with van der Waals surface area (Å²) in [7, 11) is 1.43. The minimum atomic E-state index is -4.56. The van der Waals surface area contributed by atoms with Gasteiger partial charge >= 0.3 is 6.18 Å². The molecule has 1 aliphatic heterocycles. The van der Waals surface area contributed by atoms with Gasteiger partial charge in [-0.3, -0.25) is 9.48 Å². The van der Waals surface area contributed by atoms with Crippen LogP contribution >= 0.6 is 11.3 Å². The first-order valence-corrected chi connectivity index (χ1v) is 8.56. The highest BCUT2D eigenvalue weighted by Gasteiger charge is 2.37. The fraction of sp³-hybridized carbons (Fsp3) is 0.400. The first-order valence-electron chi connectivity index (χ1n) is 7.74. The van der Waals surface area contributed by atoms with Crippen molar-refractivity contribution >= 4 is 33.3 Å². The van der Waals surface area contributed by atoms with E-state index in [0.29, 0.717) is 10.6 Å². The number of nitrogens with zero attached hydrogens (tertiary/aromatic N) is 4. The Morgan fingerprint density at radius 2 is 2.16 bits per heavy atom. The van der Waals surface area contributed by atoms with Crippen molar-refractivity contribution in [3.8, 4) is 0 Å². The Labute approximate surface area is 144 Å². The number of carbonyl (C=O) groups excluding carboxylic acids is 1. The molecule has 4 rings (SSSR count). The molecule has 1 aliphatic rings. The van der Waals surface area contributed by atoms with E-state index in [2.05, 4.69) is 15.4 Å². The molecule has 0 saturated carbocycles. The molecule has 0 fully saturated rings. The molecule has 1 amide bonds. The highest BCUT2D eigenvalue weighted by atomic mass is 32.1. The Bertz CT molecular complexity index is 968. The van der Waals surface area contributed by atoms with E-state index in [0.717, 1.165) is 47.7 Å². The van der Waals surface area contributed by atoms with E-state index in [-0.39, 0.29) is 10.3 Å². The largest absolute Gasteiger partial charge is 0.435 e. The molecule has 25 heavy (non-hydrogen) atoms. The predicted molar refractivity (Wildman–Crippen MR) is 86.7 cm³/mol. The van der Waals surface area contributed by atoms with Crippen molar-refractivity contribution in [2.75, 3.05) is 5.32 Å². The van der Waals surface area contributed by atoms with Crippen LogP contribution in [0.5, 0.6) is 0 Å². The Morgan fingerprint density at radius 3 is 2.92 bits per heavy atom. The van der Waals surface area contributed by atoms with Crippen LogP contribution in [0.4, 0.5) is 19.0 Å². The highest BCUT2D eigenvalue weighted by molar-refractivity contribution is 7.20. The molecule has 132 valence electrons. The number of hydrogen-bond acceptors (Lipinski definition) is 4. The van der Waals surface area contributed by atoms with Crippen LogP contribution in [0.3, 0.4) is 0 Å². The Balaban J connectivity index is 1.66. The van der Waals surface area contributed by atoms with Crippen LogP contribution in [0.25, 0.3) is 10.2 Å². The number of rotatable bonds is 2. The van der Waals surface area contributed by atoms with Gasteiger partial charge in [-0.25, -0.2) is 4.98 Å². The lowest BCUT2D eigenvalue weighted by Crippen LogP contribution is -2.17. The molecule has 0 bridgehead atoms. The number of fused-ring (bicyclic) bond motifs is 2. The quantitative estimate of drug-likeness (QED) is 0.753. The normalized spacial score (nSPS) is 14.7. The summed E-state index contributed by atoms with van der Waals surface area (Å²) in [5.74, 6) is 1.05. The van der Waals surface area contributed by atoms with E-state index in [1.165, 1.54) is 13.1 Å². The molecule has 0 aromatic carbocycles. The molecule has 4 heterocycles. The van der Waals surface area contributed by atoms with Crippen LogP contribution in [0, 0.1) is 0 Å². The minimum Gasteiger partial charge on any atom is -0.315 e. The number of hydrogen-bond donors (Lipinski definition) is 1. The fourth-order valence-corrected chi connectivity index (χ4v) is 4.02. The second-order valence-corrected chi connectivity index (χ2v) is 6.95. The number of carbonyl (C=O) groups is 1.